The van der Waals surface area contributed by atoms with Crippen LogP contribution < -0.4 is 5.56 Å². The normalized spacial score (nSPS) is 16.0. The molecule has 140 valence electrons. The molecule has 0 amide bonds. The molecule has 2 aromatic heterocycles. The maximum atomic E-state index is 12.4. The van der Waals surface area contributed by atoms with E-state index in [1.165, 1.54) is 11.3 Å². The summed E-state index contributed by atoms with van der Waals surface area (Å²) in [4.78, 5) is 22.5. The molecule has 0 saturated carbocycles. The number of aromatic nitrogens is 2. The van der Waals surface area contributed by atoms with Crippen molar-refractivity contribution in [1.29, 1.82) is 0 Å². The molecule has 0 atom stereocenters. The maximum absolute atomic E-state index is 12.4. The van der Waals surface area contributed by atoms with E-state index in [1.807, 2.05) is 36.5 Å². The van der Waals surface area contributed by atoms with Crippen LogP contribution >= 0.6 is 0 Å². The first-order chi connectivity index (χ1) is 13.8. The molecule has 4 aromatic rings. The number of hydrogen-bond donors (Lipinski definition) is 1. The van der Waals surface area contributed by atoms with E-state index in [2.05, 4.69) is 45.2 Å². The average Bonchev–Trinajstić information content (AvgIpc) is 2.75. The predicted octanol–water partition coefficient (Wildman–Crippen LogP) is 4.46. The van der Waals surface area contributed by atoms with Crippen molar-refractivity contribution in [1.82, 2.24) is 14.9 Å². The van der Waals surface area contributed by atoms with Crippen molar-refractivity contribution in [3.8, 4) is 0 Å². The number of pyridine rings is 2. The highest BCUT2D eigenvalue weighted by Gasteiger charge is 2.21. The van der Waals surface area contributed by atoms with Crippen molar-refractivity contribution >= 4 is 21.7 Å². The molecule has 1 fully saturated rings. The number of nitrogens with zero attached hydrogens (tertiary/aromatic N) is 2. The number of piperidine rings is 1. The standard InChI is InChI=1S/C24H23N3O/c28-24-21-6-2-1-5-19(21)20-9-8-17(15-23(20)26-24)16-27-13-10-18(11-14-27)22-7-3-4-12-25-22/h1-9,12,15,18H,10-11,13-14,16H2,(H,26,28). The van der Waals surface area contributed by atoms with E-state index in [0.29, 0.717) is 5.92 Å². The highest BCUT2D eigenvalue weighted by molar-refractivity contribution is 6.05. The molecule has 0 radical (unpaired) electrons. The molecule has 2 aromatic carbocycles. The first-order valence-corrected chi connectivity index (χ1v) is 9.95. The highest BCUT2D eigenvalue weighted by Crippen LogP contribution is 2.28. The number of nitrogens with one attached hydrogen (secondary N) is 1. The quantitative estimate of drug-likeness (QED) is 0.543. The summed E-state index contributed by atoms with van der Waals surface area (Å²) in [6.07, 6.45) is 4.18. The molecule has 1 aliphatic heterocycles. The lowest BCUT2D eigenvalue weighted by Crippen LogP contribution is -2.32. The number of benzene rings is 2. The van der Waals surface area contributed by atoms with Gasteiger partial charge in [0.05, 0.1) is 0 Å². The minimum absolute atomic E-state index is 0.0172. The molecule has 0 spiro atoms. The molecule has 0 aliphatic carbocycles. The number of fused-ring (bicyclic) bond motifs is 3. The Hall–Kier alpha value is -2.98. The van der Waals surface area contributed by atoms with Gasteiger partial charge in [0.25, 0.3) is 5.56 Å². The van der Waals surface area contributed by atoms with Crippen LogP contribution in [-0.4, -0.2) is 28.0 Å². The van der Waals surface area contributed by atoms with Gasteiger partial charge in [-0.15, -0.1) is 0 Å². The van der Waals surface area contributed by atoms with E-state index in [4.69, 9.17) is 0 Å². The van der Waals surface area contributed by atoms with Crippen molar-refractivity contribution in [3.63, 3.8) is 0 Å². The number of rotatable bonds is 3. The molecule has 28 heavy (non-hydrogen) atoms. The smallest absolute Gasteiger partial charge is 0.256 e. The van der Waals surface area contributed by atoms with Gasteiger partial charge in [-0.2, -0.15) is 0 Å². The molecule has 4 heteroatoms. The van der Waals surface area contributed by atoms with E-state index in [1.54, 1.807) is 0 Å². The van der Waals surface area contributed by atoms with Gasteiger partial charge in [-0.1, -0.05) is 36.4 Å². The second-order valence-electron chi connectivity index (χ2n) is 7.68. The van der Waals surface area contributed by atoms with Crippen molar-refractivity contribution in [2.75, 3.05) is 13.1 Å². The molecule has 1 N–H and O–H groups in total. The van der Waals surface area contributed by atoms with Crippen LogP contribution in [0, 0.1) is 0 Å². The van der Waals surface area contributed by atoms with Crippen LogP contribution in [0.25, 0.3) is 21.7 Å². The molecule has 0 bridgehead atoms. The van der Waals surface area contributed by atoms with Gasteiger partial charge in [0, 0.05) is 40.6 Å². The van der Waals surface area contributed by atoms with Crippen LogP contribution in [0.1, 0.15) is 30.0 Å². The van der Waals surface area contributed by atoms with E-state index >= 15 is 0 Å². The fourth-order valence-corrected chi connectivity index (χ4v) is 4.40. The fraction of sp³-hybridized carbons (Fsp3) is 0.250. The maximum Gasteiger partial charge on any atom is 0.256 e. The van der Waals surface area contributed by atoms with Gasteiger partial charge < -0.3 is 4.98 Å². The van der Waals surface area contributed by atoms with Crippen LogP contribution in [0.3, 0.4) is 0 Å². The average molecular weight is 369 g/mol. The van der Waals surface area contributed by atoms with Gasteiger partial charge in [-0.3, -0.25) is 14.7 Å². The Morgan fingerprint density at radius 1 is 0.929 bits per heavy atom. The molecule has 3 heterocycles. The number of H-pyrrole nitrogens is 1. The summed E-state index contributed by atoms with van der Waals surface area (Å²) in [5.41, 5.74) is 3.37. The fourth-order valence-electron chi connectivity index (χ4n) is 4.40. The van der Waals surface area contributed by atoms with Gasteiger partial charge >= 0.3 is 0 Å². The minimum Gasteiger partial charge on any atom is -0.321 e. The Bertz CT molecular complexity index is 1170. The predicted molar refractivity (Wildman–Crippen MR) is 114 cm³/mol. The first kappa shape index (κ1) is 17.1. The summed E-state index contributed by atoms with van der Waals surface area (Å²) >= 11 is 0. The van der Waals surface area contributed by atoms with Crippen molar-refractivity contribution in [3.05, 3.63) is 88.5 Å². The monoisotopic (exact) mass is 369 g/mol. The minimum atomic E-state index is -0.0172. The van der Waals surface area contributed by atoms with Crippen LogP contribution in [0.15, 0.2) is 71.7 Å². The summed E-state index contributed by atoms with van der Waals surface area (Å²) in [6.45, 7) is 3.07. The summed E-state index contributed by atoms with van der Waals surface area (Å²) in [6, 6.07) is 20.5. The summed E-state index contributed by atoms with van der Waals surface area (Å²) in [5.74, 6) is 0.566. The third kappa shape index (κ3) is 3.20. The third-order valence-corrected chi connectivity index (χ3v) is 5.89. The van der Waals surface area contributed by atoms with Crippen molar-refractivity contribution in [2.24, 2.45) is 0 Å². The zero-order chi connectivity index (χ0) is 18.9. The Morgan fingerprint density at radius 3 is 2.50 bits per heavy atom. The molecule has 1 aliphatic rings. The Kier molecular flexibility index (Phi) is 4.41. The van der Waals surface area contributed by atoms with Gasteiger partial charge in [0.15, 0.2) is 0 Å². The van der Waals surface area contributed by atoms with E-state index < -0.39 is 0 Å². The zero-order valence-corrected chi connectivity index (χ0v) is 15.8. The van der Waals surface area contributed by atoms with Gasteiger partial charge in [-0.25, -0.2) is 0 Å². The Labute approximate surface area is 163 Å². The van der Waals surface area contributed by atoms with Crippen LogP contribution in [0.4, 0.5) is 0 Å². The lowest BCUT2D eigenvalue weighted by molar-refractivity contribution is 0.203. The number of likely N-dealkylation sites (tertiary alicyclic amines) is 1. The SMILES string of the molecule is O=c1[nH]c2cc(CN3CCC(c4ccccn4)CC3)ccc2c2ccccc12. The summed E-state index contributed by atoms with van der Waals surface area (Å²) in [7, 11) is 0. The molecule has 5 rings (SSSR count). The lowest BCUT2D eigenvalue weighted by Gasteiger charge is -2.31. The largest absolute Gasteiger partial charge is 0.321 e. The third-order valence-electron chi connectivity index (χ3n) is 5.89. The summed E-state index contributed by atoms with van der Waals surface area (Å²) < 4.78 is 0. The van der Waals surface area contributed by atoms with Crippen molar-refractivity contribution < 1.29 is 0 Å². The molecule has 4 nitrogen and oxygen atoms in total. The Balaban J connectivity index is 1.35. The van der Waals surface area contributed by atoms with E-state index in [0.717, 1.165) is 54.2 Å². The second kappa shape index (κ2) is 7.21. The van der Waals surface area contributed by atoms with E-state index in [9.17, 15) is 4.79 Å². The highest BCUT2D eigenvalue weighted by atomic mass is 16.1. The van der Waals surface area contributed by atoms with Gasteiger partial charge in [0.2, 0.25) is 0 Å². The van der Waals surface area contributed by atoms with Crippen molar-refractivity contribution in [2.45, 2.75) is 25.3 Å². The van der Waals surface area contributed by atoms with Crippen LogP contribution in [0.5, 0.6) is 0 Å². The lowest BCUT2D eigenvalue weighted by atomic mass is 9.93. The van der Waals surface area contributed by atoms with Gasteiger partial charge in [0.1, 0.15) is 0 Å². The topological polar surface area (TPSA) is 49.0 Å². The number of hydrogen-bond acceptors (Lipinski definition) is 3. The molecular formula is C24H23N3O. The summed E-state index contributed by atoms with van der Waals surface area (Å²) in [5, 5.41) is 2.87. The number of aromatic amines is 1. The van der Waals surface area contributed by atoms with Crippen LogP contribution in [-0.2, 0) is 6.54 Å². The second-order valence-corrected chi connectivity index (χ2v) is 7.68. The molecule has 0 unspecified atom stereocenters. The zero-order valence-electron chi connectivity index (χ0n) is 15.8. The molecular weight excluding hydrogens is 346 g/mol. The first-order valence-electron chi connectivity index (χ1n) is 9.95. The molecule has 1 saturated heterocycles. The van der Waals surface area contributed by atoms with Gasteiger partial charge in [-0.05, 0) is 61.1 Å². The van der Waals surface area contributed by atoms with E-state index in [-0.39, 0.29) is 5.56 Å². The van der Waals surface area contributed by atoms with Crippen LogP contribution in [0.2, 0.25) is 0 Å². The Morgan fingerprint density at radius 2 is 1.71 bits per heavy atom.